The molecule has 0 atom stereocenters. The Morgan fingerprint density at radius 3 is 2.71 bits per heavy atom. The monoisotopic (exact) mass is 343 g/mol. The Labute approximate surface area is 142 Å². The number of amides is 1. The van der Waals surface area contributed by atoms with Gasteiger partial charge in [0.1, 0.15) is 5.82 Å². The number of pyridine rings is 1. The van der Waals surface area contributed by atoms with Crippen molar-refractivity contribution in [3.05, 3.63) is 63.3 Å². The predicted octanol–water partition coefficient (Wildman–Crippen LogP) is 2.38. The summed E-state index contributed by atoms with van der Waals surface area (Å²) in [5.74, 6) is 0.852. The van der Waals surface area contributed by atoms with Gasteiger partial charge in [-0.15, -0.1) is 0 Å². The zero-order valence-corrected chi connectivity index (χ0v) is 13.8. The molecule has 0 saturated heterocycles. The van der Waals surface area contributed by atoms with E-state index in [9.17, 15) is 9.59 Å². The van der Waals surface area contributed by atoms with Crippen LogP contribution in [0.25, 0.3) is 11.4 Å². The maximum Gasteiger partial charge on any atom is 0.257 e. The Kier molecular flexibility index (Phi) is 4.18. The predicted molar refractivity (Wildman–Crippen MR) is 91.2 cm³/mol. The molecule has 3 aromatic rings. The number of carbonyl (C=O) groups excluding carboxylic acids is 1. The lowest BCUT2D eigenvalue weighted by Crippen LogP contribution is -2.19. The second-order valence-electron chi connectivity index (χ2n) is 5.26. The third-order valence-electron chi connectivity index (χ3n) is 3.41. The summed E-state index contributed by atoms with van der Waals surface area (Å²) in [5.41, 5.74) is 1.40. The number of nitrogens with zero attached hydrogens (tertiary/aromatic N) is 3. The molecule has 3 rings (SSSR count). The molecule has 0 spiro atoms. The van der Waals surface area contributed by atoms with E-state index < -0.39 is 0 Å². The molecule has 122 valence electrons. The van der Waals surface area contributed by atoms with Gasteiger partial charge in [0.15, 0.2) is 5.82 Å². The summed E-state index contributed by atoms with van der Waals surface area (Å²) < 4.78 is 1.34. The maximum absolute atomic E-state index is 12.2. The number of aryl methyl sites for hydroxylation is 2. The van der Waals surface area contributed by atoms with Gasteiger partial charge in [-0.1, -0.05) is 11.6 Å². The first kappa shape index (κ1) is 15.9. The standard InChI is InChI=1S/C16H14ClN5O2/c1-9-18-15(21-20-9)12-5-4-11(7-13(12)17)19-16(24)10-3-6-14(23)22(2)8-10/h3-8H,1-2H3,(H,19,24)(H,18,20,21). The van der Waals surface area contributed by atoms with Gasteiger partial charge in [-0.3, -0.25) is 14.7 Å². The van der Waals surface area contributed by atoms with Crippen molar-refractivity contribution in [2.75, 3.05) is 5.32 Å². The number of hydrogen-bond donors (Lipinski definition) is 2. The molecule has 0 bridgehead atoms. The lowest BCUT2D eigenvalue weighted by molar-refractivity contribution is 0.102. The van der Waals surface area contributed by atoms with Crippen molar-refractivity contribution in [1.82, 2.24) is 19.7 Å². The fourth-order valence-corrected chi connectivity index (χ4v) is 2.43. The highest BCUT2D eigenvalue weighted by atomic mass is 35.5. The van der Waals surface area contributed by atoms with E-state index >= 15 is 0 Å². The Morgan fingerprint density at radius 1 is 1.29 bits per heavy atom. The van der Waals surface area contributed by atoms with Crippen molar-refractivity contribution in [2.45, 2.75) is 6.92 Å². The third-order valence-corrected chi connectivity index (χ3v) is 3.73. The van der Waals surface area contributed by atoms with Crippen LogP contribution in [-0.4, -0.2) is 25.7 Å². The lowest BCUT2D eigenvalue weighted by atomic mass is 10.2. The Balaban J connectivity index is 1.83. The average molecular weight is 344 g/mol. The number of nitrogens with one attached hydrogen (secondary N) is 2. The number of benzene rings is 1. The fraction of sp³-hybridized carbons (Fsp3) is 0.125. The van der Waals surface area contributed by atoms with Gasteiger partial charge in [0.05, 0.1) is 10.6 Å². The second-order valence-corrected chi connectivity index (χ2v) is 5.67. The molecule has 8 heteroatoms. The van der Waals surface area contributed by atoms with Crippen molar-refractivity contribution < 1.29 is 4.79 Å². The topological polar surface area (TPSA) is 92.7 Å². The molecule has 0 aliphatic rings. The van der Waals surface area contributed by atoms with Gasteiger partial charge in [0.2, 0.25) is 5.56 Å². The SMILES string of the molecule is Cc1nc(-c2ccc(NC(=O)c3ccc(=O)n(C)c3)cc2Cl)n[nH]1. The highest BCUT2D eigenvalue weighted by Crippen LogP contribution is 2.28. The Morgan fingerprint density at radius 2 is 2.08 bits per heavy atom. The van der Waals surface area contributed by atoms with Gasteiger partial charge in [0.25, 0.3) is 5.91 Å². The summed E-state index contributed by atoms with van der Waals surface area (Å²) in [4.78, 5) is 27.8. The van der Waals surface area contributed by atoms with Gasteiger partial charge in [-0.05, 0) is 31.2 Å². The molecule has 2 aromatic heterocycles. The van der Waals surface area contributed by atoms with E-state index in [1.807, 2.05) is 0 Å². The smallest absolute Gasteiger partial charge is 0.257 e. The van der Waals surface area contributed by atoms with E-state index in [4.69, 9.17) is 11.6 Å². The van der Waals surface area contributed by atoms with E-state index in [0.29, 0.717) is 33.5 Å². The highest BCUT2D eigenvalue weighted by molar-refractivity contribution is 6.33. The zero-order chi connectivity index (χ0) is 17.3. The highest BCUT2D eigenvalue weighted by Gasteiger charge is 2.12. The van der Waals surface area contributed by atoms with E-state index in [0.717, 1.165) is 0 Å². The fourth-order valence-electron chi connectivity index (χ4n) is 2.17. The summed E-state index contributed by atoms with van der Waals surface area (Å²) in [5, 5.41) is 9.98. The quantitative estimate of drug-likeness (QED) is 0.763. The number of halogens is 1. The van der Waals surface area contributed by atoms with E-state index in [1.165, 1.54) is 22.9 Å². The van der Waals surface area contributed by atoms with Gasteiger partial charge in [-0.2, -0.15) is 5.10 Å². The van der Waals surface area contributed by atoms with Gasteiger partial charge in [-0.25, -0.2) is 4.98 Å². The molecule has 2 heterocycles. The minimum atomic E-state index is -0.330. The summed E-state index contributed by atoms with van der Waals surface area (Å²) in [6.45, 7) is 1.80. The maximum atomic E-state index is 12.2. The van der Waals surface area contributed by atoms with Crippen LogP contribution in [0.4, 0.5) is 5.69 Å². The van der Waals surface area contributed by atoms with Crippen LogP contribution in [0.2, 0.25) is 5.02 Å². The molecule has 0 aliphatic heterocycles. The normalized spacial score (nSPS) is 10.6. The second kappa shape index (κ2) is 6.29. The molecule has 1 amide bonds. The minimum absolute atomic E-state index is 0.180. The summed E-state index contributed by atoms with van der Waals surface area (Å²) in [7, 11) is 1.59. The van der Waals surface area contributed by atoms with Crippen LogP contribution in [0.5, 0.6) is 0 Å². The summed E-state index contributed by atoms with van der Waals surface area (Å²) >= 11 is 6.26. The van der Waals surface area contributed by atoms with E-state index in [2.05, 4.69) is 20.5 Å². The zero-order valence-electron chi connectivity index (χ0n) is 13.0. The van der Waals surface area contributed by atoms with Crippen LogP contribution >= 0.6 is 11.6 Å². The first-order valence-corrected chi connectivity index (χ1v) is 7.49. The molecule has 0 radical (unpaired) electrons. The number of aromatic nitrogens is 4. The van der Waals surface area contributed by atoms with Crippen molar-refractivity contribution in [2.24, 2.45) is 7.05 Å². The number of aromatic amines is 1. The van der Waals surface area contributed by atoms with Crippen LogP contribution in [0.1, 0.15) is 16.2 Å². The summed E-state index contributed by atoms with van der Waals surface area (Å²) in [6.07, 6.45) is 1.48. The van der Waals surface area contributed by atoms with Crippen LogP contribution < -0.4 is 10.9 Å². The van der Waals surface area contributed by atoms with Crippen LogP contribution in [-0.2, 0) is 7.05 Å². The average Bonchev–Trinajstić information content (AvgIpc) is 2.96. The summed E-state index contributed by atoms with van der Waals surface area (Å²) in [6, 6.07) is 7.90. The van der Waals surface area contributed by atoms with Gasteiger partial charge in [0, 0.05) is 30.6 Å². The first-order chi connectivity index (χ1) is 11.4. The number of anilines is 1. The third kappa shape index (κ3) is 3.21. The number of hydrogen-bond acceptors (Lipinski definition) is 4. The van der Waals surface area contributed by atoms with Crippen molar-refractivity contribution in [3.8, 4) is 11.4 Å². The Bertz CT molecular complexity index is 977. The number of H-pyrrole nitrogens is 1. The van der Waals surface area contributed by atoms with Crippen LogP contribution in [0.3, 0.4) is 0 Å². The molecular formula is C16H14ClN5O2. The molecule has 1 aromatic carbocycles. The molecule has 2 N–H and O–H groups in total. The van der Waals surface area contributed by atoms with Crippen LogP contribution in [0.15, 0.2) is 41.3 Å². The largest absolute Gasteiger partial charge is 0.322 e. The minimum Gasteiger partial charge on any atom is -0.322 e. The first-order valence-electron chi connectivity index (χ1n) is 7.11. The lowest BCUT2D eigenvalue weighted by Gasteiger charge is -2.08. The number of rotatable bonds is 3. The molecule has 0 unspecified atom stereocenters. The van der Waals surface area contributed by atoms with Crippen LogP contribution in [0, 0.1) is 6.92 Å². The molecule has 7 nitrogen and oxygen atoms in total. The van der Waals surface area contributed by atoms with Gasteiger partial charge >= 0.3 is 0 Å². The molecule has 0 aliphatic carbocycles. The van der Waals surface area contributed by atoms with Crippen molar-refractivity contribution in [1.29, 1.82) is 0 Å². The van der Waals surface area contributed by atoms with Crippen molar-refractivity contribution in [3.63, 3.8) is 0 Å². The van der Waals surface area contributed by atoms with E-state index in [1.54, 1.807) is 32.2 Å². The molecule has 24 heavy (non-hydrogen) atoms. The molecule has 0 fully saturated rings. The Hall–Kier alpha value is -2.93. The molecule has 0 saturated carbocycles. The number of carbonyl (C=O) groups is 1. The van der Waals surface area contributed by atoms with Crippen molar-refractivity contribution >= 4 is 23.2 Å². The van der Waals surface area contributed by atoms with E-state index in [-0.39, 0.29) is 11.5 Å². The van der Waals surface area contributed by atoms with Gasteiger partial charge < -0.3 is 9.88 Å². The molecular weight excluding hydrogens is 330 g/mol.